The predicted molar refractivity (Wildman–Crippen MR) is 66.2 cm³/mol. The minimum Gasteiger partial charge on any atom is -0.481 e. The first-order valence-electron chi connectivity index (χ1n) is 5.35. The van der Waals surface area contributed by atoms with Gasteiger partial charge in [-0.25, -0.2) is 0 Å². The van der Waals surface area contributed by atoms with Crippen molar-refractivity contribution in [2.45, 2.75) is 23.8 Å². The van der Waals surface area contributed by atoms with E-state index >= 15 is 0 Å². The van der Waals surface area contributed by atoms with Crippen molar-refractivity contribution < 1.29 is 9.90 Å². The van der Waals surface area contributed by atoms with Gasteiger partial charge in [0.25, 0.3) is 0 Å². The summed E-state index contributed by atoms with van der Waals surface area (Å²) < 4.78 is 0. The van der Waals surface area contributed by atoms with Crippen LogP contribution >= 0.6 is 11.8 Å². The molecule has 1 atom stereocenters. The number of thioether (sulfide) groups is 1. The molecule has 0 spiro atoms. The molecule has 0 fully saturated rings. The van der Waals surface area contributed by atoms with Crippen LogP contribution in [-0.2, 0) is 4.79 Å². The molecule has 1 heterocycles. The van der Waals surface area contributed by atoms with Crippen molar-refractivity contribution in [2.24, 2.45) is 0 Å². The molecule has 0 saturated heterocycles. The van der Waals surface area contributed by atoms with Crippen LogP contribution in [0.4, 0.5) is 5.69 Å². The number of carboxylic acids is 1. The first-order valence-corrected chi connectivity index (χ1v) is 6.33. The van der Waals surface area contributed by atoms with Gasteiger partial charge in [0.15, 0.2) is 0 Å². The molecule has 0 saturated carbocycles. The average molecular weight is 237 g/mol. The quantitative estimate of drug-likeness (QED) is 0.876. The van der Waals surface area contributed by atoms with E-state index in [1.807, 2.05) is 30.9 Å². The van der Waals surface area contributed by atoms with Gasteiger partial charge in [0.1, 0.15) is 0 Å². The molecular formula is C12H15NO2S. The highest BCUT2D eigenvalue weighted by molar-refractivity contribution is 7.99. The molecule has 4 heteroatoms. The Bertz CT molecular complexity index is 394. The molecule has 1 aromatic rings. The Kier molecular flexibility index (Phi) is 3.39. The summed E-state index contributed by atoms with van der Waals surface area (Å²) in [4.78, 5) is 14.1. The van der Waals surface area contributed by atoms with Crippen molar-refractivity contribution in [2.75, 3.05) is 17.7 Å². The summed E-state index contributed by atoms with van der Waals surface area (Å²) in [7, 11) is 2.05. The second-order valence-corrected chi connectivity index (χ2v) is 5.04. The van der Waals surface area contributed by atoms with Gasteiger partial charge >= 0.3 is 5.97 Å². The summed E-state index contributed by atoms with van der Waals surface area (Å²) in [5, 5.41) is 8.70. The molecule has 1 N–H and O–H groups in total. The van der Waals surface area contributed by atoms with Gasteiger partial charge in [-0.15, -0.1) is 11.8 Å². The van der Waals surface area contributed by atoms with Crippen molar-refractivity contribution in [3.8, 4) is 0 Å². The fraction of sp³-hybridized carbons (Fsp3) is 0.417. The van der Waals surface area contributed by atoms with E-state index < -0.39 is 5.97 Å². The van der Waals surface area contributed by atoms with Gasteiger partial charge in [-0.1, -0.05) is 12.1 Å². The smallest absolute Gasteiger partial charge is 0.303 e. The van der Waals surface area contributed by atoms with E-state index in [4.69, 9.17) is 5.11 Å². The minimum atomic E-state index is -0.711. The maximum Gasteiger partial charge on any atom is 0.303 e. The topological polar surface area (TPSA) is 40.5 Å². The fourth-order valence-corrected chi connectivity index (χ4v) is 3.23. The molecule has 1 aliphatic rings. The van der Waals surface area contributed by atoms with Crippen LogP contribution in [-0.4, -0.2) is 29.9 Å². The van der Waals surface area contributed by atoms with E-state index in [0.29, 0.717) is 12.5 Å². The molecule has 16 heavy (non-hydrogen) atoms. The molecule has 0 aromatic heterocycles. The van der Waals surface area contributed by atoms with Crippen LogP contribution < -0.4 is 4.90 Å². The van der Waals surface area contributed by atoms with Gasteiger partial charge in [-0.05, 0) is 18.6 Å². The maximum atomic E-state index is 10.6. The molecule has 86 valence electrons. The number of para-hydroxylation sites is 1. The van der Waals surface area contributed by atoms with Crippen molar-refractivity contribution in [3.05, 3.63) is 24.3 Å². The minimum absolute atomic E-state index is 0.248. The highest BCUT2D eigenvalue weighted by Crippen LogP contribution is 2.37. The normalized spacial score (nSPS) is 19.3. The van der Waals surface area contributed by atoms with Crippen LogP contribution in [0.2, 0.25) is 0 Å². The number of anilines is 1. The summed E-state index contributed by atoms with van der Waals surface area (Å²) in [6.45, 7) is 0. The molecule has 1 unspecified atom stereocenters. The highest BCUT2D eigenvalue weighted by Gasteiger charge is 2.23. The van der Waals surface area contributed by atoms with E-state index in [-0.39, 0.29) is 6.42 Å². The number of hydrogen-bond acceptors (Lipinski definition) is 3. The zero-order chi connectivity index (χ0) is 11.5. The molecule has 0 radical (unpaired) electrons. The van der Waals surface area contributed by atoms with Crippen LogP contribution in [0.1, 0.15) is 12.8 Å². The number of benzene rings is 1. The van der Waals surface area contributed by atoms with Crippen LogP contribution in [0, 0.1) is 0 Å². The number of carboxylic acid groups (broad SMARTS) is 1. The monoisotopic (exact) mass is 237 g/mol. The molecular weight excluding hydrogens is 222 g/mol. The Morgan fingerprint density at radius 2 is 2.31 bits per heavy atom. The van der Waals surface area contributed by atoms with Crippen LogP contribution in [0.15, 0.2) is 29.2 Å². The van der Waals surface area contributed by atoms with Crippen molar-refractivity contribution in [1.29, 1.82) is 0 Å². The molecule has 2 rings (SSSR count). The average Bonchev–Trinajstić information content (AvgIpc) is 2.28. The lowest BCUT2D eigenvalue weighted by Crippen LogP contribution is -2.36. The SMILES string of the molecule is CN1c2ccccc2SCC1CCC(=O)O. The van der Waals surface area contributed by atoms with Gasteiger partial charge in [0, 0.05) is 30.2 Å². The van der Waals surface area contributed by atoms with Crippen LogP contribution in [0.3, 0.4) is 0 Å². The summed E-state index contributed by atoms with van der Waals surface area (Å²) in [6, 6.07) is 8.60. The van der Waals surface area contributed by atoms with Crippen LogP contribution in [0.5, 0.6) is 0 Å². The number of fused-ring (bicyclic) bond motifs is 1. The summed E-state index contributed by atoms with van der Waals surface area (Å²) in [6.07, 6.45) is 0.963. The third-order valence-corrected chi connectivity index (χ3v) is 4.12. The van der Waals surface area contributed by atoms with Crippen molar-refractivity contribution in [1.82, 2.24) is 0 Å². The number of aliphatic carboxylic acids is 1. The maximum absolute atomic E-state index is 10.6. The lowest BCUT2D eigenvalue weighted by atomic mass is 10.1. The predicted octanol–water partition coefficient (Wildman–Crippen LogP) is 2.46. The van der Waals surface area contributed by atoms with E-state index in [9.17, 15) is 4.79 Å². The molecule has 1 aromatic carbocycles. The number of nitrogens with zero attached hydrogens (tertiary/aromatic N) is 1. The standard InChI is InChI=1S/C12H15NO2S/c1-13-9(6-7-12(14)15)8-16-11-5-3-2-4-10(11)13/h2-5,9H,6-8H2,1H3,(H,14,15). The third-order valence-electron chi connectivity index (χ3n) is 2.92. The van der Waals surface area contributed by atoms with Gasteiger partial charge in [-0.2, -0.15) is 0 Å². The molecule has 3 nitrogen and oxygen atoms in total. The summed E-state index contributed by atoms with van der Waals surface area (Å²) in [5.74, 6) is 0.262. The molecule has 0 bridgehead atoms. The van der Waals surface area contributed by atoms with E-state index in [1.165, 1.54) is 10.6 Å². The van der Waals surface area contributed by atoms with E-state index in [0.717, 1.165) is 5.75 Å². The van der Waals surface area contributed by atoms with Crippen molar-refractivity contribution in [3.63, 3.8) is 0 Å². The van der Waals surface area contributed by atoms with Gasteiger partial charge < -0.3 is 10.0 Å². The number of carbonyl (C=O) groups is 1. The Balaban J connectivity index is 2.09. The Labute approximate surface area is 99.5 Å². The largest absolute Gasteiger partial charge is 0.481 e. The lowest BCUT2D eigenvalue weighted by molar-refractivity contribution is -0.137. The second-order valence-electron chi connectivity index (χ2n) is 3.98. The molecule has 0 aliphatic carbocycles. The summed E-state index contributed by atoms with van der Waals surface area (Å²) >= 11 is 1.82. The Hall–Kier alpha value is -1.16. The zero-order valence-electron chi connectivity index (χ0n) is 9.22. The second kappa shape index (κ2) is 4.78. The number of rotatable bonds is 3. The number of hydrogen-bond donors (Lipinski definition) is 1. The van der Waals surface area contributed by atoms with Gasteiger partial charge in [0.2, 0.25) is 0 Å². The fourth-order valence-electron chi connectivity index (χ4n) is 1.93. The zero-order valence-corrected chi connectivity index (χ0v) is 10.0. The highest BCUT2D eigenvalue weighted by atomic mass is 32.2. The molecule has 1 aliphatic heterocycles. The Morgan fingerprint density at radius 3 is 3.06 bits per heavy atom. The first kappa shape index (κ1) is 11.3. The summed E-state index contributed by atoms with van der Waals surface area (Å²) in [5.41, 5.74) is 1.22. The third kappa shape index (κ3) is 2.32. The first-order chi connectivity index (χ1) is 7.68. The van der Waals surface area contributed by atoms with E-state index in [2.05, 4.69) is 17.0 Å². The lowest BCUT2D eigenvalue weighted by Gasteiger charge is -2.35. The Morgan fingerprint density at radius 1 is 1.56 bits per heavy atom. The van der Waals surface area contributed by atoms with Crippen molar-refractivity contribution >= 4 is 23.4 Å². The van der Waals surface area contributed by atoms with Crippen LogP contribution in [0.25, 0.3) is 0 Å². The van der Waals surface area contributed by atoms with Gasteiger partial charge in [-0.3, -0.25) is 4.79 Å². The van der Waals surface area contributed by atoms with Gasteiger partial charge in [0.05, 0.1) is 5.69 Å². The molecule has 0 amide bonds. The van der Waals surface area contributed by atoms with E-state index in [1.54, 1.807) is 0 Å².